The number of benzene rings is 2. The summed E-state index contributed by atoms with van der Waals surface area (Å²) in [4.78, 5) is 29.1. The Morgan fingerprint density at radius 1 is 0.878 bits per heavy atom. The number of carbonyl (C=O) groups excluding carboxylic acids is 2. The highest BCUT2D eigenvalue weighted by Crippen LogP contribution is 2.30. The highest BCUT2D eigenvalue weighted by atomic mass is 32.2. The lowest BCUT2D eigenvalue weighted by Gasteiger charge is -2.39. The lowest BCUT2D eigenvalue weighted by atomic mass is 9.96. The minimum Gasteiger partial charge on any atom is -0.368 e. The molecule has 1 aromatic heterocycles. The van der Waals surface area contributed by atoms with Crippen molar-refractivity contribution < 1.29 is 22.5 Å². The van der Waals surface area contributed by atoms with Crippen molar-refractivity contribution in [3.63, 3.8) is 0 Å². The number of piperidine rings is 1. The van der Waals surface area contributed by atoms with Crippen molar-refractivity contribution in [2.24, 2.45) is 5.92 Å². The highest BCUT2D eigenvalue weighted by molar-refractivity contribution is 7.89. The summed E-state index contributed by atoms with van der Waals surface area (Å²) in [5, 5.41) is 3.94. The Labute approximate surface area is 241 Å². The third kappa shape index (κ3) is 6.28. The molecule has 2 aliphatic rings. The van der Waals surface area contributed by atoms with E-state index in [1.807, 2.05) is 66.4 Å². The summed E-state index contributed by atoms with van der Waals surface area (Å²) in [5.74, 6) is 0.136. The van der Waals surface area contributed by atoms with Crippen molar-refractivity contribution in [1.82, 2.24) is 14.4 Å². The molecule has 0 N–H and O–H groups in total. The lowest BCUT2D eigenvalue weighted by Crippen LogP contribution is -2.52. The van der Waals surface area contributed by atoms with Gasteiger partial charge in [-0.3, -0.25) is 9.59 Å². The zero-order chi connectivity index (χ0) is 29.1. The molecule has 3 aromatic rings. The molecule has 0 unspecified atom stereocenters. The molecule has 3 heterocycles. The van der Waals surface area contributed by atoms with Crippen LogP contribution in [0.2, 0.25) is 0 Å². The minimum atomic E-state index is -3.84. The van der Waals surface area contributed by atoms with Crippen molar-refractivity contribution >= 4 is 39.6 Å². The summed E-state index contributed by atoms with van der Waals surface area (Å²) in [7, 11) is -3.84. The number of aromatic nitrogens is 1. The molecule has 0 bridgehead atoms. The van der Waals surface area contributed by atoms with Crippen molar-refractivity contribution in [3.05, 3.63) is 76.7 Å². The molecule has 10 heteroatoms. The molecule has 41 heavy (non-hydrogen) atoms. The third-order valence-corrected chi connectivity index (χ3v) is 10.0. The van der Waals surface area contributed by atoms with Crippen molar-refractivity contribution in [2.75, 3.05) is 44.2 Å². The van der Waals surface area contributed by atoms with Gasteiger partial charge in [0, 0.05) is 56.4 Å². The van der Waals surface area contributed by atoms with Crippen molar-refractivity contribution in [1.29, 1.82) is 0 Å². The van der Waals surface area contributed by atoms with E-state index in [9.17, 15) is 18.0 Å². The molecule has 1 amide bonds. The maximum Gasteiger partial charge on any atom is 0.248 e. The van der Waals surface area contributed by atoms with Crippen LogP contribution < -0.4 is 4.90 Å². The number of rotatable bonds is 7. The van der Waals surface area contributed by atoms with Crippen LogP contribution in [0.1, 0.15) is 52.7 Å². The Bertz CT molecular complexity index is 1530. The Morgan fingerprint density at radius 3 is 2.12 bits per heavy atom. The number of anilines is 1. The Hall–Kier alpha value is -3.76. The summed E-state index contributed by atoms with van der Waals surface area (Å²) in [6, 6.07) is 15.5. The van der Waals surface area contributed by atoms with Crippen LogP contribution in [0.3, 0.4) is 0 Å². The molecule has 2 aromatic carbocycles. The fourth-order valence-corrected chi connectivity index (χ4v) is 7.19. The second-order valence-electron chi connectivity index (χ2n) is 10.8. The first-order valence-electron chi connectivity index (χ1n) is 14.0. The molecular weight excluding hydrogens is 540 g/mol. The van der Waals surface area contributed by atoms with E-state index in [1.54, 1.807) is 19.9 Å². The molecule has 2 saturated heterocycles. The molecule has 0 radical (unpaired) electrons. The number of ketones is 1. The van der Waals surface area contributed by atoms with Gasteiger partial charge in [0.05, 0.1) is 0 Å². The van der Waals surface area contributed by atoms with Gasteiger partial charge in [0.15, 0.2) is 16.4 Å². The number of carbonyl (C=O) groups is 2. The van der Waals surface area contributed by atoms with Gasteiger partial charge in [0.1, 0.15) is 5.69 Å². The number of Topliss-reactive ketones (excluding diaryl/α,β-unsaturated/α-hetero) is 1. The summed E-state index contributed by atoms with van der Waals surface area (Å²) in [5.41, 5.74) is 4.12. The average molecular weight is 577 g/mol. The maximum absolute atomic E-state index is 13.6. The smallest absolute Gasteiger partial charge is 0.248 e. The SMILES string of the molecule is CC(=O)c1ccc(N2CCN(C(=O)C3CCN(S(=O)(=O)c4c(C)noc4C=Cc4ccc(C)cc4)CC3)CC2)cc1. The summed E-state index contributed by atoms with van der Waals surface area (Å²) < 4.78 is 34.1. The van der Waals surface area contributed by atoms with E-state index in [0.717, 1.165) is 16.8 Å². The number of hydrogen-bond acceptors (Lipinski definition) is 7. The molecule has 0 atom stereocenters. The lowest BCUT2D eigenvalue weighted by molar-refractivity contribution is -0.137. The molecule has 0 spiro atoms. The number of piperazine rings is 1. The molecule has 2 fully saturated rings. The first kappa shape index (κ1) is 28.8. The van der Waals surface area contributed by atoms with Gasteiger partial charge >= 0.3 is 0 Å². The van der Waals surface area contributed by atoms with Crippen LogP contribution in [0.5, 0.6) is 0 Å². The Balaban J connectivity index is 1.18. The van der Waals surface area contributed by atoms with E-state index >= 15 is 0 Å². The van der Waals surface area contributed by atoms with Gasteiger partial charge in [-0.15, -0.1) is 0 Å². The maximum atomic E-state index is 13.6. The van der Waals surface area contributed by atoms with E-state index in [0.29, 0.717) is 50.3 Å². The van der Waals surface area contributed by atoms with Gasteiger partial charge in [0.25, 0.3) is 0 Å². The second kappa shape index (κ2) is 12.0. The fraction of sp³-hybridized carbons (Fsp3) is 0.387. The van der Waals surface area contributed by atoms with E-state index < -0.39 is 10.0 Å². The van der Waals surface area contributed by atoms with Crippen LogP contribution in [-0.4, -0.2) is 73.7 Å². The largest absolute Gasteiger partial charge is 0.368 e. The van der Waals surface area contributed by atoms with E-state index in [1.165, 1.54) is 4.31 Å². The van der Waals surface area contributed by atoms with Gasteiger partial charge in [0.2, 0.25) is 15.9 Å². The Morgan fingerprint density at radius 2 is 1.51 bits per heavy atom. The molecule has 216 valence electrons. The standard InChI is InChI=1S/C31H36N4O5S/c1-22-4-6-25(7-5-22)8-13-29-30(23(2)32-40-29)41(38,39)35-16-14-27(15-17-35)31(37)34-20-18-33(19-21-34)28-11-9-26(10-12-28)24(3)36/h4-13,27H,14-21H2,1-3H3. The zero-order valence-corrected chi connectivity index (χ0v) is 24.6. The normalized spacial score (nSPS) is 17.3. The van der Waals surface area contributed by atoms with Crippen LogP contribution >= 0.6 is 0 Å². The van der Waals surface area contributed by atoms with Crippen LogP contribution in [0.15, 0.2) is 57.9 Å². The number of nitrogens with zero attached hydrogens (tertiary/aromatic N) is 4. The zero-order valence-electron chi connectivity index (χ0n) is 23.7. The minimum absolute atomic E-state index is 0.0396. The topological polar surface area (TPSA) is 104 Å². The number of sulfonamides is 1. The van der Waals surface area contributed by atoms with Crippen LogP contribution in [0.25, 0.3) is 12.2 Å². The molecule has 5 rings (SSSR count). The summed E-state index contributed by atoms with van der Waals surface area (Å²) in [6.45, 7) is 8.39. The third-order valence-electron chi connectivity index (χ3n) is 7.97. The quantitative estimate of drug-likeness (QED) is 0.384. The van der Waals surface area contributed by atoms with E-state index in [-0.39, 0.29) is 41.4 Å². The van der Waals surface area contributed by atoms with Crippen molar-refractivity contribution in [3.8, 4) is 0 Å². The monoisotopic (exact) mass is 576 g/mol. The molecule has 2 aliphatic heterocycles. The molecule has 0 aliphatic carbocycles. The fourth-order valence-electron chi connectivity index (χ4n) is 5.47. The summed E-state index contributed by atoms with van der Waals surface area (Å²) in [6.07, 6.45) is 4.41. The number of hydrogen-bond donors (Lipinski definition) is 0. The van der Waals surface area contributed by atoms with Crippen LogP contribution in [-0.2, 0) is 14.8 Å². The predicted molar refractivity (Wildman–Crippen MR) is 158 cm³/mol. The molecule has 9 nitrogen and oxygen atoms in total. The van der Waals surface area contributed by atoms with E-state index in [4.69, 9.17) is 4.52 Å². The molecule has 0 saturated carbocycles. The van der Waals surface area contributed by atoms with Gasteiger partial charge in [-0.05, 0) is 69.5 Å². The first-order valence-corrected chi connectivity index (χ1v) is 15.4. The number of aryl methyl sites for hydroxylation is 2. The van der Waals surface area contributed by atoms with E-state index in [2.05, 4.69) is 10.1 Å². The molecular formula is C31H36N4O5S. The van der Waals surface area contributed by atoms with Gasteiger partial charge < -0.3 is 14.3 Å². The Kier molecular flexibility index (Phi) is 8.42. The second-order valence-corrected chi connectivity index (χ2v) is 12.7. The van der Waals surface area contributed by atoms with Crippen LogP contribution in [0, 0.1) is 19.8 Å². The van der Waals surface area contributed by atoms with Gasteiger partial charge in [-0.25, -0.2) is 8.42 Å². The first-order chi connectivity index (χ1) is 19.6. The van der Waals surface area contributed by atoms with Gasteiger partial charge in [-0.2, -0.15) is 4.31 Å². The van der Waals surface area contributed by atoms with Crippen molar-refractivity contribution in [2.45, 2.75) is 38.5 Å². The summed E-state index contributed by atoms with van der Waals surface area (Å²) >= 11 is 0. The van der Waals surface area contributed by atoms with Gasteiger partial charge in [-0.1, -0.05) is 41.1 Å². The average Bonchev–Trinajstić information content (AvgIpc) is 3.37. The predicted octanol–water partition coefficient (Wildman–Crippen LogP) is 4.41. The van der Waals surface area contributed by atoms with Crippen LogP contribution in [0.4, 0.5) is 5.69 Å². The highest BCUT2D eigenvalue weighted by Gasteiger charge is 2.37. The number of amides is 1.